The van der Waals surface area contributed by atoms with Crippen LogP contribution in [-0.2, 0) is 42.1 Å². The van der Waals surface area contributed by atoms with Crippen molar-refractivity contribution < 1.29 is 32.3 Å². The van der Waals surface area contributed by atoms with Crippen molar-refractivity contribution in [3.63, 3.8) is 0 Å². The SMILES string of the molecule is NS(=O)(=O)c1ccc(NC(=O)COC(=O)[C@H](Cc2ccccc2)NC(=O)OCc2ccccc2)cc1. The molecule has 3 rings (SSSR count). The lowest BCUT2D eigenvalue weighted by molar-refractivity contribution is -0.149. The Morgan fingerprint density at radius 2 is 1.39 bits per heavy atom. The lowest BCUT2D eigenvalue weighted by Gasteiger charge is -2.18. The molecule has 10 nitrogen and oxygen atoms in total. The number of ether oxygens (including phenoxy) is 2. The van der Waals surface area contributed by atoms with Gasteiger partial charge in [-0.1, -0.05) is 60.7 Å². The van der Waals surface area contributed by atoms with Gasteiger partial charge in [-0.2, -0.15) is 0 Å². The van der Waals surface area contributed by atoms with Gasteiger partial charge in [-0.15, -0.1) is 0 Å². The van der Waals surface area contributed by atoms with Crippen LogP contribution < -0.4 is 15.8 Å². The third-order valence-electron chi connectivity index (χ3n) is 4.88. The minimum Gasteiger partial charge on any atom is -0.454 e. The van der Waals surface area contributed by atoms with Gasteiger partial charge in [0, 0.05) is 12.1 Å². The highest BCUT2D eigenvalue weighted by Crippen LogP contribution is 2.13. The number of benzene rings is 3. The Bertz CT molecular complexity index is 1280. The summed E-state index contributed by atoms with van der Waals surface area (Å²) in [6, 6.07) is 22.1. The number of nitrogens with one attached hydrogen (secondary N) is 2. The molecule has 1 atom stereocenters. The van der Waals surface area contributed by atoms with Crippen LogP contribution in [0.15, 0.2) is 89.8 Å². The van der Waals surface area contributed by atoms with Crippen LogP contribution in [0.3, 0.4) is 0 Å². The van der Waals surface area contributed by atoms with Gasteiger partial charge in [-0.05, 0) is 35.4 Å². The van der Waals surface area contributed by atoms with Crippen molar-refractivity contribution >= 4 is 33.7 Å². The second kappa shape index (κ2) is 12.5. The van der Waals surface area contributed by atoms with Gasteiger partial charge in [0.2, 0.25) is 10.0 Å². The summed E-state index contributed by atoms with van der Waals surface area (Å²) in [5, 5.41) is 10.0. The summed E-state index contributed by atoms with van der Waals surface area (Å²) in [4.78, 5) is 37.2. The average molecular weight is 512 g/mol. The highest BCUT2D eigenvalue weighted by atomic mass is 32.2. The maximum absolute atomic E-state index is 12.7. The maximum atomic E-state index is 12.7. The van der Waals surface area contributed by atoms with E-state index in [1.165, 1.54) is 24.3 Å². The Labute approximate surface area is 208 Å². The number of alkyl carbamates (subject to hydrolysis) is 1. The van der Waals surface area contributed by atoms with Crippen molar-refractivity contribution in [3.05, 3.63) is 96.1 Å². The largest absolute Gasteiger partial charge is 0.454 e. The zero-order chi connectivity index (χ0) is 26.0. The van der Waals surface area contributed by atoms with E-state index in [1.807, 2.05) is 24.3 Å². The first-order valence-electron chi connectivity index (χ1n) is 10.8. The van der Waals surface area contributed by atoms with E-state index in [2.05, 4.69) is 10.6 Å². The molecule has 0 aliphatic carbocycles. The van der Waals surface area contributed by atoms with Crippen molar-refractivity contribution in [3.8, 4) is 0 Å². The van der Waals surface area contributed by atoms with E-state index in [0.29, 0.717) is 0 Å². The van der Waals surface area contributed by atoms with Crippen LogP contribution in [0, 0.1) is 0 Å². The Balaban J connectivity index is 1.57. The summed E-state index contributed by atoms with van der Waals surface area (Å²) >= 11 is 0. The molecule has 0 radical (unpaired) electrons. The number of carbonyl (C=O) groups excluding carboxylic acids is 3. The van der Waals surface area contributed by atoms with Gasteiger partial charge in [-0.3, -0.25) is 4.79 Å². The van der Waals surface area contributed by atoms with Crippen molar-refractivity contribution in [2.75, 3.05) is 11.9 Å². The fourth-order valence-corrected chi connectivity index (χ4v) is 3.63. The summed E-state index contributed by atoms with van der Waals surface area (Å²) in [6.45, 7) is -0.603. The number of hydrogen-bond donors (Lipinski definition) is 3. The molecule has 3 aromatic carbocycles. The van der Waals surface area contributed by atoms with Crippen molar-refractivity contribution in [2.45, 2.75) is 24.0 Å². The number of anilines is 1. The Morgan fingerprint density at radius 3 is 1.97 bits per heavy atom. The van der Waals surface area contributed by atoms with Crippen LogP contribution in [0.25, 0.3) is 0 Å². The summed E-state index contributed by atoms with van der Waals surface area (Å²) in [5.41, 5.74) is 1.83. The summed E-state index contributed by atoms with van der Waals surface area (Å²) < 4.78 is 33.0. The minimum atomic E-state index is -3.86. The highest BCUT2D eigenvalue weighted by molar-refractivity contribution is 7.89. The van der Waals surface area contributed by atoms with E-state index in [1.54, 1.807) is 36.4 Å². The number of hydrogen-bond acceptors (Lipinski definition) is 7. The topological polar surface area (TPSA) is 154 Å². The van der Waals surface area contributed by atoms with Gasteiger partial charge in [0.1, 0.15) is 12.6 Å². The molecule has 0 saturated carbocycles. The lowest BCUT2D eigenvalue weighted by atomic mass is 10.1. The molecule has 0 unspecified atom stereocenters. The van der Waals surface area contributed by atoms with Gasteiger partial charge < -0.3 is 20.1 Å². The summed E-state index contributed by atoms with van der Waals surface area (Å²) in [6.07, 6.45) is -0.687. The number of esters is 1. The van der Waals surface area contributed by atoms with Crippen molar-refractivity contribution in [1.29, 1.82) is 0 Å². The second-order valence-corrected chi connectivity index (χ2v) is 9.24. The lowest BCUT2D eigenvalue weighted by Crippen LogP contribution is -2.44. The standard InChI is InChI=1S/C25H25N3O7S/c26-36(32,33)21-13-11-20(12-14-21)27-23(29)17-34-24(30)22(15-18-7-3-1-4-8-18)28-25(31)35-16-19-9-5-2-6-10-19/h1-14,22H,15-17H2,(H,27,29)(H,28,31)(H2,26,32,33)/t22-/m0/s1. The molecule has 11 heteroatoms. The number of amides is 2. The van der Waals surface area contributed by atoms with Crippen molar-refractivity contribution in [1.82, 2.24) is 5.32 Å². The summed E-state index contributed by atoms with van der Waals surface area (Å²) in [7, 11) is -3.86. The molecule has 0 aromatic heterocycles. The maximum Gasteiger partial charge on any atom is 0.408 e. The second-order valence-electron chi connectivity index (χ2n) is 7.67. The third-order valence-corrected chi connectivity index (χ3v) is 5.81. The normalized spacial score (nSPS) is 11.7. The van der Waals surface area contributed by atoms with Crippen LogP contribution in [0.4, 0.5) is 10.5 Å². The van der Waals surface area contributed by atoms with Gasteiger partial charge >= 0.3 is 12.1 Å². The average Bonchev–Trinajstić information content (AvgIpc) is 2.87. The third kappa shape index (κ3) is 8.53. The zero-order valence-electron chi connectivity index (χ0n) is 19.1. The molecule has 0 heterocycles. The van der Waals surface area contributed by atoms with E-state index >= 15 is 0 Å². The van der Waals surface area contributed by atoms with E-state index in [-0.39, 0.29) is 23.6 Å². The van der Waals surface area contributed by atoms with E-state index in [0.717, 1.165) is 11.1 Å². The molecule has 0 aliphatic heterocycles. The van der Waals surface area contributed by atoms with Crippen LogP contribution >= 0.6 is 0 Å². The molecule has 0 aliphatic rings. The molecule has 3 aromatic rings. The van der Waals surface area contributed by atoms with Gasteiger partial charge in [-0.25, -0.2) is 23.1 Å². The molecule has 36 heavy (non-hydrogen) atoms. The molecular formula is C25H25N3O7S. The fraction of sp³-hybridized carbons (Fsp3) is 0.160. The first kappa shape index (κ1) is 26.4. The quantitative estimate of drug-likeness (QED) is 0.353. The summed E-state index contributed by atoms with van der Waals surface area (Å²) in [5.74, 6) is -1.48. The number of carbonyl (C=O) groups is 3. The molecule has 188 valence electrons. The molecule has 2 amide bonds. The molecule has 4 N–H and O–H groups in total. The van der Waals surface area contributed by atoms with E-state index in [9.17, 15) is 22.8 Å². The van der Waals surface area contributed by atoms with Crippen molar-refractivity contribution in [2.24, 2.45) is 5.14 Å². The van der Waals surface area contributed by atoms with Crippen LogP contribution in [-0.4, -0.2) is 39.0 Å². The fourth-order valence-electron chi connectivity index (χ4n) is 3.11. The molecule has 0 spiro atoms. The Morgan fingerprint density at radius 1 is 0.806 bits per heavy atom. The minimum absolute atomic E-state index is 0.0203. The molecule has 0 bridgehead atoms. The first-order valence-corrected chi connectivity index (χ1v) is 12.4. The number of sulfonamides is 1. The Hall–Kier alpha value is -4.22. The predicted octanol–water partition coefficient (Wildman–Crippen LogP) is 2.35. The molecular weight excluding hydrogens is 486 g/mol. The van der Waals surface area contributed by atoms with Crippen LogP contribution in [0.1, 0.15) is 11.1 Å². The number of rotatable bonds is 10. The van der Waals surface area contributed by atoms with Gasteiger partial charge in [0.15, 0.2) is 6.61 Å². The van der Waals surface area contributed by atoms with Gasteiger partial charge in [0.05, 0.1) is 4.90 Å². The highest BCUT2D eigenvalue weighted by Gasteiger charge is 2.24. The van der Waals surface area contributed by atoms with Crippen LogP contribution in [0.5, 0.6) is 0 Å². The number of primary sulfonamides is 1. The van der Waals surface area contributed by atoms with E-state index < -0.39 is 40.6 Å². The Kier molecular flexibility index (Phi) is 9.14. The monoisotopic (exact) mass is 511 g/mol. The van der Waals surface area contributed by atoms with E-state index in [4.69, 9.17) is 14.6 Å². The first-order chi connectivity index (χ1) is 17.2. The smallest absolute Gasteiger partial charge is 0.408 e. The van der Waals surface area contributed by atoms with Crippen LogP contribution in [0.2, 0.25) is 0 Å². The predicted molar refractivity (Wildman–Crippen MR) is 131 cm³/mol. The zero-order valence-corrected chi connectivity index (χ0v) is 19.9. The molecule has 0 fully saturated rings. The van der Waals surface area contributed by atoms with Gasteiger partial charge in [0.25, 0.3) is 5.91 Å². The molecule has 0 saturated heterocycles. The number of nitrogens with two attached hydrogens (primary N) is 1.